The van der Waals surface area contributed by atoms with E-state index in [1.807, 2.05) is 13.8 Å². The van der Waals surface area contributed by atoms with Crippen LogP contribution in [0.3, 0.4) is 0 Å². The second-order valence-electron chi connectivity index (χ2n) is 10.9. The monoisotopic (exact) mass is 549 g/mol. The quantitative estimate of drug-likeness (QED) is 0.350. The molecule has 3 aliphatic heterocycles. The van der Waals surface area contributed by atoms with Gasteiger partial charge in [0.25, 0.3) is 5.56 Å². The van der Waals surface area contributed by atoms with Crippen molar-refractivity contribution in [1.29, 1.82) is 0 Å². The van der Waals surface area contributed by atoms with Gasteiger partial charge in [-0.15, -0.1) is 0 Å². The fourth-order valence-corrected chi connectivity index (χ4v) is 7.11. The molecule has 3 aromatic rings. The van der Waals surface area contributed by atoms with Crippen molar-refractivity contribution < 1.29 is 28.9 Å². The van der Waals surface area contributed by atoms with Gasteiger partial charge < -0.3 is 24.4 Å². The van der Waals surface area contributed by atoms with Crippen molar-refractivity contribution in [3.63, 3.8) is 0 Å². The van der Waals surface area contributed by atoms with Gasteiger partial charge in [0, 0.05) is 41.1 Å². The van der Waals surface area contributed by atoms with Crippen molar-refractivity contribution in [2.45, 2.75) is 71.1 Å². The van der Waals surface area contributed by atoms with E-state index in [9.17, 15) is 24.6 Å². The molecule has 2 N–H and O–H groups in total. The molecule has 1 unspecified atom stereocenters. The van der Waals surface area contributed by atoms with Crippen LogP contribution < -0.4 is 5.56 Å². The second kappa shape index (κ2) is 9.49. The van der Waals surface area contributed by atoms with Gasteiger partial charge in [-0.1, -0.05) is 13.8 Å². The lowest BCUT2D eigenvalue weighted by molar-refractivity contribution is -0.157. The highest BCUT2D eigenvalue weighted by Gasteiger charge is 2.45. The van der Waals surface area contributed by atoms with Crippen LogP contribution in [0.2, 0.25) is 0 Å². The number of likely N-dealkylation sites (tertiary alicyclic amines) is 1. The molecule has 1 spiro atoms. The van der Waals surface area contributed by atoms with E-state index in [4.69, 9.17) is 9.72 Å². The maximum atomic E-state index is 15.0. The third-order valence-electron chi connectivity index (χ3n) is 9.16. The number of aliphatic hydroxyl groups excluding tert-OH is 2. The molecule has 1 atom stereocenters. The molecule has 210 valence electrons. The van der Waals surface area contributed by atoms with Crippen molar-refractivity contribution in [2.75, 3.05) is 19.7 Å². The first-order valence-corrected chi connectivity index (χ1v) is 13.9. The highest BCUT2D eigenvalue weighted by molar-refractivity contribution is 5.94. The lowest BCUT2D eigenvalue weighted by atomic mass is 9.63. The Morgan fingerprint density at radius 3 is 2.58 bits per heavy atom. The summed E-state index contributed by atoms with van der Waals surface area (Å²) in [6.45, 7) is 6.34. The number of ether oxygens (including phenoxy) is 1. The minimum atomic E-state index is -1.55. The molecule has 1 fully saturated rings. The summed E-state index contributed by atoms with van der Waals surface area (Å²) in [5.41, 5.74) is 4.90. The zero-order valence-corrected chi connectivity index (χ0v) is 22.8. The third-order valence-corrected chi connectivity index (χ3v) is 9.16. The molecule has 1 saturated heterocycles. The number of fused-ring (bicyclic) bond motifs is 6. The smallest absolute Gasteiger partial charge is 0.340 e. The van der Waals surface area contributed by atoms with E-state index in [1.54, 1.807) is 22.5 Å². The zero-order chi connectivity index (χ0) is 28.5. The number of halogens is 1. The molecule has 5 heterocycles. The van der Waals surface area contributed by atoms with Crippen LogP contribution in [-0.2, 0) is 39.3 Å². The van der Waals surface area contributed by atoms with E-state index in [0.717, 1.165) is 28.5 Å². The fraction of sp³-hybridized carbons (Fsp3) is 0.467. The van der Waals surface area contributed by atoms with Crippen molar-refractivity contribution in [3.05, 3.63) is 61.7 Å². The summed E-state index contributed by atoms with van der Waals surface area (Å²) in [6, 6.07) is 3.09. The SMILES string of the molecule is CC.Cc1c(F)cc2nc3c(c4c2c1CCC41CCN(C(=O)CO)CC1)Cn1c-3cc2c(c1=O)COC(=O)C2O. The maximum absolute atomic E-state index is 15.0. The van der Waals surface area contributed by atoms with Gasteiger partial charge in [0.05, 0.1) is 29.0 Å². The summed E-state index contributed by atoms with van der Waals surface area (Å²) in [5, 5.41) is 20.8. The molecule has 9 nitrogen and oxygen atoms in total. The number of aryl methyl sites for hydroxylation is 1. The van der Waals surface area contributed by atoms with Gasteiger partial charge >= 0.3 is 5.97 Å². The minimum Gasteiger partial charge on any atom is -0.458 e. The number of benzene rings is 1. The van der Waals surface area contributed by atoms with E-state index in [2.05, 4.69) is 0 Å². The molecule has 1 amide bonds. The molecule has 0 radical (unpaired) electrons. The third kappa shape index (κ3) is 3.58. The van der Waals surface area contributed by atoms with Crippen LogP contribution in [0.15, 0.2) is 16.9 Å². The number of carbonyl (C=O) groups excluding carboxylic acids is 2. The molecule has 1 aliphatic carbocycles. The minimum absolute atomic E-state index is 0.198. The lowest BCUT2D eigenvalue weighted by Gasteiger charge is -2.46. The summed E-state index contributed by atoms with van der Waals surface area (Å²) in [4.78, 5) is 44.3. The number of rotatable bonds is 1. The number of nitrogens with zero attached hydrogens (tertiary/aromatic N) is 3. The van der Waals surface area contributed by atoms with Gasteiger partial charge in [-0.25, -0.2) is 14.2 Å². The summed E-state index contributed by atoms with van der Waals surface area (Å²) in [6.07, 6.45) is 1.28. The highest BCUT2D eigenvalue weighted by Crippen LogP contribution is 2.52. The topological polar surface area (TPSA) is 122 Å². The molecule has 40 heavy (non-hydrogen) atoms. The normalized spacial score (nSPS) is 19.9. The number of hydrogen-bond donors (Lipinski definition) is 2. The maximum Gasteiger partial charge on any atom is 0.340 e. The van der Waals surface area contributed by atoms with Gasteiger partial charge in [0.2, 0.25) is 5.91 Å². The molecule has 1 aromatic carbocycles. The van der Waals surface area contributed by atoms with Gasteiger partial charge in [0.15, 0.2) is 6.10 Å². The molecule has 7 rings (SSSR count). The average molecular weight is 550 g/mol. The Morgan fingerprint density at radius 1 is 1.15 bits per heavy atom. The van der Waals surface area contributed by atoms with Gasteiger partial charge in [-0.05, 0) is 55.4 Å². The number of amides is 1. The van der Waals surface area contributed by atoms with E-state index < -0.39 is 18.7 Å². The Hall–Kier alpha value is -3.63. The van der Waals surface area contributed by atoms with Crippen molar-refractivity contribution in [1.82, 2.24) is 14.5 Å². The largest absolute Gasteiger partial charge is 0.458 e. The predicted molar refractivity (Wildman–Crippen MR) is 144 cm³/mol. The summed E-state index contributed by atoms with van der Waals surface area (Å²) in [7, 11) is 0. The predicted octanol–water partition coefficient (Wildman–Crippen LogP) is 2.79. The Balaban J connectivity index is 0.00000142. The molecule has 0 bridgehead atoms. The van der Waals surface area contributed by atoms with Crippen LogP contribution >= 0.6 is 0 Å². The highest BCUT2D eigenvalue weighted by atomic mass is 19.1. The summed E-state index contributed by atoms with van der Waals surface area (Å²) >= 11 is 0. The van der Waals surface area contributed by atoms with E-state index >= 15 is 4.39 Å². The van der Waals surface area contributed by atoms with Crippen LogP contribution in [0.4, 0.5) is 4.39 Å². The van der Waals surface area contributed by atoms with E-state index in [-0.39, 0.29) is 47.0 Å². The van der Waals surface area contributed by atoms with Crippen molar-refractivity contribution >= 4 is 22.8 Å². The van der Waals surface area contributed by atoms with Gasteiger partial charge in [-0.2, -0.15) is 0 Å². The van der Waals surface area contributed by atoms with E-state index in [0.29, 0.717) is 54.8 Å². The number of hydrogen-bond acceptors (Lipinski definition) is 7. The Kier molecular flexibility index (Phi) is 6.30. The standard InChI is InChI=1S/C28H26FN3O6.C2H6/c1-13-14-2-3-28(4-6-31(7-5-28)21(34)11-33)23-16-10-32-20(24(16)30-19(22(14)23)9-18(13)29)8-15-17(26(32)36)12-38-27(37)25(15)35;1-2/h8-9,25,33,35H,2-7,10-12H2,1H3;1-2H3. The van der Waals surface area contributed by atoms with E-state index in [1.165, 1.54) is 6.07 Å². The Bertz CT molecular complexity index is 1650. The molecular weight excluding hydrogens is 517 g/mol. The van der Waals surface area contributed by atoms with Crippen LogP contribution in [0.25, 0.3) is 22.3 Å². The number of pyridine rings is 2. The molecular formula is C30H32FN3O6. The number of piperidine rings is 1. The second-order valence-corrected chi connectivity index (χ2v) is 10.9. The summed E-state index contributed by atoms with van der Waals surface area (Å²) in [5.74, 6) is -1.42. The molecule has 4 aliphatic rings. The van der Waals surface area contributed by atoms with Crippen LogP contribution in [0, 0.1) is 12.7 Å². The number of aliphatic hydroxyl groups is 2. The Morgan fingerprint density at radius 2 is 1.88 bits per heavy atom. The first kappa shape index (κ1) is 26.6. The van der Waals surface area contributed by atoms with Crippen molar-refractivity contribution in [2.24, 2.45) is 0 Å². The lowest BCUT2D eigenvalue weighted by Crippen LogP contribution is -2.47. The summed E-state index contributed by atoms with van der Waals surface area (Å²) < 4.78 is 21.7. The van der Waals surface area contributed by atoms with Crippen LogP contribution in [0.1, 0.15) is 72.6 Å². The number of cyclic esters (lactones) is 1. The number of aromatic nitrogens is 2. The van der Waals surface area contributed by atoms with Gasteiger partial charge in [0.1, 0.15) is 19.0 Å². The molecule has 10 heteroatoms. The Labute approximate surface area is 230 Å². The van der Waals surface area contributed by atoms with Crippen LogP contribution in [-0.4, -0.2) is 56.2 Å². The fourth-order valence-electron chi connectivity index (χ4n) is 7.11. The molecule has 2 aromatic heterocycles. The first-order chi connectivity index (χ1) is 19.2. The first-order valence-electron chi connectivity index (χ1n) is 13.9. The number of carbonyl (C=O) groups is 2. The van der Waals surface area contributed by atoms with Gasteiger partial charge in [-0.3, -0.25) is 9.59 Å². The average Bonchev–Trinajstić information content (AvgIpc) is 3.34. The van der Waals surface area contributed by atoms with Crippen molar-refractivity contribution in [3.8, 4) is 11.4 Å². The molecule has 0 saturated carbocycles. The number of esters is 1. The van der Waals surface area contributed by atoms with Crippen LogP contribution in [0.5, 0.6) is 0 Å². The zero-order valence-electron chi connectivity index (χ0n) is 22.8.